The molecule has 0 bridgehead atoms. The topological polar surface area (TPSA) is 77.8 Å². The van der Waals surface area contributed by atoms with Crippen LogP contribution in [-0.2, 0) is 7.05 Å². The molecule has 8 heteroatoms. The molecule has 0 unspecified atom stereocenters. The molecule has 2 rings (SSSR count). The molecular formula is C10H14N6OS. The van der Waals surface area contributed by atoms with Gasteiger partial charge in [-0.3, -0.25) is 0 Å². The first-order valence-corrected chi connectivity index (χ1v) is 6.23. The van der Waals surface area contributed by atoms with Gasteiger partial charge in [0.2, 0.25) is 11.1 Å². The lowest BCUT2D eigenvalue weighted by Gasteiger charge is -2.06. The molecule has 0 aromatic carbocycles. The van der Waals surface area contributed by atoms with Crippen LogP contribution >= 0.6 is 11.8 Å². The second-order valence-electron chi connectivity index (χ2n) is 3.38. The Labute approximate surface area is 109 Å². The van der Waals surface area contributed by atoms with E-state index in [1.54, 1.807) is 6.20 Å². The molecule has 7 nitrogen and oxygen atoms in total. The Kier molecular flexibility index (Phi) is 3.98. The highest BCUT2D eigenvalue weighted by molar-refractivity contribution is 7.99. The lowest BCUT2D eigenvalue weighted by molar-refractivity contribution is 0.373. The van der Waals surface area contributed by atoms with Gasteiger partial charge in [0, 0.05) is 26.0 Å². The van der Waals surface area contributed by atoms with Gasteiger partial charge in [-0.1, -0.05) is 0 Å². The van der Waals surface area contributed by atoms with E-state index in [-0.39, 0.29) is 6.01 Å². The van der Waals surface area contributed by atoms with Crippen LogP contribution in [0.4, 0.5) is 5.95 Å². The minimum atomic E-state index is 0.289. The van der Waals surface area contributed by atoms with Crippen molar-refractivity contribution in [1.82, 2.24) is 24.5 Å². The van der Waals surface area contributed by atoms with Gasteiger partial charge in [-0.2, -0.15) is 15.0 Å². The quantitative estimate of drug-likeness (QED) is 0.871. The Morgan fingerprint density at radius 1 is 1.39 bits per heavy atom. The number of methoxy groups -OCH3 is 1. The summed E-state index contributed by atoms with van der Waals surface area (Å²) in [5.41, 5.74) is 0. The van der Waals surface area contributed by atoms with Crippen molar-refractivity contribution in [3.05, 3.63) is 12.4 Å². The van der Waals surface area contributed by atoms with E-state index in [1.165, 1.54) is 18.9 Å². The largest absolute Gasteiger partial charge is 0.467 e. The van der Waals surface area contributed by atoms with E-state index >= 15 is 0 Å². The number of anilines is 1. The van der Waals surface area contributed by atoms with Gasteiger partial charge in [0.1, 0.15) is 0 Å². The predicted molar refractivity (Wildman–Crippen MR) is 67.9 cm³/mol. The zero-order valence-electron chi connectivity index (χ0n) is 10.4. The maximum Gasteiger partial charge on any atom is 0.321 e. The summed E-state index contributed by atoms with van der Waals surface area (Å²) in [5, 5.41) is 4.39. The molecule has 0 saturated carbocycles. The molecule has 0 spiro atoms. The van der Waals surface area contributed by atoms with Crippen molar-refractivity contribution in [2.24, 2.45) is 7.05 Å². The number of nitrogens with one attached hydrogen (secondary N) is 1. The Hall–Kier alpha value is -1.83. The molecule has 0 amide bonds. The molecular weight excluding hydrogens is 252 g/mol. The van der Waals surface area contributed by atoms with Crippen LogP contribution in [0.3, 0.4) is 0 Å². The van der Waals surface area contributed by atoms with Gasteiger partial charge in [-0.25, -0.2) is 4.98 Å². The fraction of sp³-hybridized carbons (Fsp3) is 0.400. The Morgan fingerprint density at radius 3 is 2.83 bits per heavy atom. The molecule has 2 heterocycles. The molecule has 2 aromatic rings. The van der Waals surface area contributed by atoms with Gasteiger partial charge in [-0.05, 0) is 18.7 Å². The first kappa shape index (κ1) is 12.6. The number of nitrogens with zero attached hydrogens (tertiary/aromatic N) is 5. The zero-order valence-corrected chi connectivity index (χ0v) is 11.2. The summed E-state index contributed by atoms with van der Waals surface area (Å²) in [6.07, 6.45) is 3.60. The van der Waals surface area contributed by atoms with Gasteiger partial charge >= 0.3 is 6.01 Å². The molecule has 2 aromatic heterocycles. The van der Waals surface area contributed by atoms with Crippen molar-refractivity contribution >= 4 is 17.7 Å². The summed E-state index contributed by atoms with van der Waals surface area (Å²) in [5.74, 6) is 0.501. The third-order valence-electron chi connectivity index (χ3n) is 2.07. The highest BCUT2D eigenvalue weighted by Crippen LogP contribution is 2.24. The molecule has 0 fully saturated rings. The second-order valence-corrected chi connectivity index (χ2v) is 4.32. The molecule has 0 atom stereocenters. The molecule has 18 heavy (non-hydrogen) atoms. The number of imidazole rings is 1. The van der Waals surface area contributed by atoms with E-state index in [4.69, 9.17) is 4.74 Å². The minimum absolute atomic E-state index is 0.289. The average molecular weight is 266 g/mol. The van der Waals surface area contributed by atoms with Crippen molar-refractivity contribution in [2.75, 3.05) is 19.0 Å². The average Bonchev–Trinajstić information content (AvgIpc) is 2.75. The summed E-state index contributed by atoms with van der Waals surface area (Å²) < 4.78 is 6.95. The van der Waals surface area contributed by atoms with Crippen LogP contribution in [0.5, 0.6) is 6.01 Å². The maximum absolute atomic E-state index is 5.05. The van der Waals surface area contributed by atoms with Crippen molar-refractivity contribution in [3.63, 3.8) is 0 Å². The predicted octanol–water partition coefficient (Wildman–Crippen LogP) is 1.20. The van der Waals surface area contributed by atoms with Crippen LogP contribution in [-0.4, -0.2) is 38.2 Å². The smallest absolute Gasteiger partial charge is 0.321 e. The SMILES string of the molecule is CCNc1nc(OC)nc(Sc2nccn2C)n1. The number of ether oxygens (including phenoxy) is 1. The lowest BCUT2D eigenvalue weighted by Crippen LogP contribution is -2.06. The molecule has 0 saturated heterocycles. The van der Waals surface area contributed by atoms with E-state index in [1.807, 2.05) is 24.7 Å². The summed E-state index contributed by atoms with van der Waals surface area (Å²) in [7, 11) is 3.44. The van der Waals surface area contributed by atoms with E-state index in [0.29, 0.717) is 11.1 Å². The van der Waals surface area contributed by atoms with E-state index in [0.717, 1.165) is 11.7 Å². The molecule has 0 radical (unpaired) electrons. The Bertz CT molecular complexity index is 529. The van der Waals surface area contributed by atoms with E-state index < -0.39 is 0 Å². The highest BCUT2D eigenvalue weighted by Gasteiger charge is 2.10. The first-order chi connectivity index (χ1) is 8.72. The third kappa shape index (κ3) is 2.89. The van der Waals surface area contributed by atoms with Gasteiger partial charge in [0.15, 0.2) is 5.16 Å². The van der Waals surface area contributed by atoms with Crippen LogP contribution in [0, 0.1) is 0 Å². The van der Waals surface area contributed by atoms with Gasteiger partial charge in [0.25, 0.3) is 0 Å². The van der Waals surface area contributed by atoms with Crippen molar-refractivity contribution in [1.29, 1.82) is 0 Å². The van der Waals surface area contributed by atoms with Crippen LogP contribution in [0.15, 0.2) is 22.7 Å². The van der Waals surface area contributed by atoms with Crippen LogP contribution in [0.2, 0.25) is 0 Å². The van der Waals surface area contributed by atoms with Crippen molar-refractivity contribution in [2.45, 2.75) is 17.2 Å². The lowest BCUT2D eigenvalue weighted by atomic mass is 10.7. The maximum atomic E-state index is 5.05. The Morgan fingerprint density at radius 2 is 2.22 bits per heavy atom. The number of hydrogen-bond acceptors (Lipinski definition) is 7. The minimum Gasteiger partial charge on any atom is -0.467 e. The molecule has 0 aliphatic heterocycles. The van der Waals surface area contributed by atoms with Gasteiger partial charge in [0.05, 0.1) is 7.11 Å². The highest BCUT2D eigenvalue weighted by atomic mass is 32.2. The Balaban J connectivity index is 2.26. The van der Waals surface area contributed by atoms with Gasteiger partial charge in [-0.15, -0.1) is 0 Å². The third-order valence-corrected chi connectivity index (χ3v) is 3.01. The van der Waals surface area contributed by atoms with Crippen molar-refractivity contribution in [3.8, 4) is 6.01 Å². The number of aromatic nitrogens is 5. The summed E-state index contributed by atoms with van der Waals surface area (Å²) in [4.78, 5) is 16.8. The summed E-state index contributed by atoms with van der Waals surface area (Å²) in [6, 6.07) is 0.289. The fourth-order valence-corrected chi connectivity index (χ4v) is 1.98. The number of rotatable bonds is 5. The zero-order chi connectivity index (χ0) is 13.0. The molecule has 0 aliphatic carbocycles. The van der Waals surface area contributed by atoms with Crippen molar-refractivity contribution < 1.29 is 4.74 Å². The van der Waals surface area contributed by atoms with E-state index in [9.17, 15) is 0 Å². The second kappa shape index (κ2) is 5.67. The number of aryl methyl sites for hydroxylation is 1. The summed E-state index contributed by atoms with van der Waals surface area (Å²) >= 11 is 1.36. The van der Waals surface area contributed by atoms with Crippen LogP contribution in [0.1, 0.15) is 6.92 Å². The van der Waals surface area contributed by atoms with Crippen LogP contribution in [0.25, 0.3) is 0 Å². The van der Waals surface area contributed by atoms with Crippen LogP contribution < -0.4 is 10.1 Å². The first-order valence-electron chi connectivity index (χ1n) is 5.42. The fourth-order valence-electron chi connectivity index (χ4n) is 1.24. The monoisotopic (exact) mass is 266 g/mol. The van der Waals surface area contributed by atoms with E-state index in [2.05, 4.69) is 25.3 Å². The summed E-state index contributed by atoms with van der Waals surface area (Å²) in [6.45, 7) is 2.71. The molecule has 1 N–H and O–H groups in total. The van der Waals surface area contributed by atoms with Gasteiger partial charge < -0.3 is 14.6 Å². The standard InChI is InChI=1S/C10H14N6OS/c1-4-11-7-13-8(17-3)15-9(14-7)18-10-12-5-6-16(10)2/h5-6H,4H2,1-3H3,(H,11,13,14,15). The molecule has 96 valence electrons. The molecule has 0 aliphatic rings. The number of hydrogen-bond donors (Lipinski definition) is 1. The normalized spacial score (nSPS) is 10.4.